The smallest absolute Gasteiger partial charge is 0.396 e. The minimum Gasteiger partial charge on any atom is -0.459 e. The molecule has 0 rings (SSSR count). The van der Waals surface area contributed by atoms with E-state index in [1.165, 1.54) is 14.7 Å². The van der Waals surface area contributed by atoms with Gasteiger partial charge in [0.2, 0.25) is 0 Å². The first-order valence-electron chi connectivity index (χ1n) is 4.35. The zero-order valence-corrected chi connectivity index (χ0v) is 9.03. The number of hydrogen-bond donors (Lipinski definition) is 2. The van der Waals surface area contributed by atoms with E-state index in [9.17, 15) is 4.79 Å². The van der Waals surface area contributed by atoms with Crippen LogP contribution in [0.15, 0.2) is 0 Å². The molecule has 6 heteroatoms. The average molecular weight is 202 g/mol. The molecule has 0 bridgehead atoms. The Morgan fingerprint density at radius 2 is 2.14 bits per heavy atom. The van der Waals surface area contributed by atoms with E-state index < -0.39 is 17.6 Å². The van der Waals surface area contributed by atoms with E-state index >= 15 is 0 Å². The van der Waals surface area contributed by atoms with E-state index in [1.54, 1.807) is 20.8 Å². The summed E-state index contributed by atoms with van der Waals surface area (Å²) in [5.74, 6) is -0.506. The van der Waals surface area contributed by atoms with E-state index in [1.807, 2.05) is 0 Å². The molecule has 81 valence electrons. The predicted molar refractivity (Wildman–Crippen MR) is 52.6 cm³/mol. The fraction of sp³-hybridized carbons (Fsp3) is 0.875. The lowest BCUT2D eigenvalue weighted by Crippen LogP contribution is -2.45. The maximum atomic E-state index is 11.4. The molecule has 0 aromatic carbocycles. The van der Waals surface area contributed by atoms with Crippen molar-refractivity contribution >= 4 is 13.6 Å². The maximum Gasteiger partial charge on any atom is 0.396 e. The second-order valence-corrected chi connectivity index (χ2v) is 3.79. The Labute approximate surface area is 85.1 Å². The van der Waals surface area contributed by atoms with Gasteiger partial charge in [-0.3, -0.25) is 4.79 Å². The molecule has 14 heavy (non-hydrogen) atoms. The van der Waals surface area contributed by atoms with Crippen LogP contribution >= 0.6 is 0 Å². The third-order valence-corrected chi connectivity index (χ3v) is 1.26. The Morgan fingerprint density at radius 1 is 1.57 bits per heavy atom. The molecule has 5 nitrogen and oxygen atoms in total. The zero-order valence-electron chi connectivity index (χ0n) is 9.03. The fourth-order valence-electron chi connectivity index (χ4n) is 0.718. The number of nitrogens with one attached hydrogen (secondary N) is 1. The first-order valence-corrected chi connectivity index (χ1v) is 4.35. The third kappa shape index (κ3) is 5.96. The summed E-state index contributed by atoms with van der Waals surface area (Å²) in [5, 5.41) is 11.5. The van der Waals surface area contributed by atoms with Gasteiger partial charge in [-0.1, -0.05) is 0 Å². The van der Waals surface area contributed by atoms with Crippen LogP contribution in [0.2, 0.25) is 0 Å². The van der Waals surface area contributed by atoms with E-state index in [2.05, 4.69) is 9.88 Å². The first-order chi connectivity index (χ1) is 6.40. The highest BCUT2D eigenvalue weighted by Crippen LogP contribution is 2.08. The minimum atomic E-state index is -0.783. The second kappa shape index (κ2) is 6.00. The average Bonchev–Trinajstić information content (AvgIpc) is 2.02. The Morgan fingerprint density at radius 3 is 2.50 bits per heavy atom. The normalized spacial score (nSPS) is 13.5. The summed E-state index contributed by atoms with van der Waals surface area (Å²) < 4.78 is 9.65. The van der Waals surface area contributed by atoms with Gasteiger partial charge in [0, 0.05) is 7.11 Å². The van der Waals surface area contributed by atoms with Gasteiger partial charge in [-0.2, -0.15) is 0 Å². The van der Waals surface area contributed by atoms with Crippen LogP contribution < -0.4 is 5.23 Å². The number of rotatable bonds is 5. The molecule has 0 saturated carbocycles. The van der Waals surface area contributed by atoms with Crippen LogP contribution in [0.25, 0.3) is 0 Å². The van der Waals surface area contributed by atoms with Gasteiger partial charge in [0.1, 0.15) is 11.6 Å². The summed E-state index contributed by atoms with van der Waals surface area (Å²) in [4.78, 5) is 11.4. The van der Waals surface area contributed by atoms with Gasteiger partial charge >= 0.3 is 13.6 Å². The van der Waals surface area contributed by atoms with E-state index in [0.717, 1.165) is 0 Å². The van der Waals surface area contributed by atoms with Crippen LogP contribution in [0.1, 0.15) is 20.8 Å². The highest BCUT2D eigenvalue weighted by molar-refractivity contribution is 6.24. The van der Waals surface area contributed by atoms with Crippen molar-refractivity contribution in [2.75, 3.05) is 13.7 Å². The van der Waals surface area contributed by atoms with E-state index in [0.29, 0.717) is 0 Å². The van der Waals surface area contributed by atoms with Crippen molar-refractivity contribution < 1.29 is 19.3 Å². The molecule has 0 fully saturated rings. The molecule has 0 aliphatic heterocycles. The lowest BCUT2D eigenvalue weighted by atomic mass is 10.1. The summed E-state index contributed by atoms with van der Waals surface area (Å²) >= 11 is 0. The van der Waals surface area contributed by atoms with Gasteiger partial charge in [-0.25, -0.2) is 0 Å². The molecule has 0 aliphatic carbocycles. The molecule has 0 amide bonds. The monoisotopic (exact) mass is 202 g/mol. The number of aliphatic hydroxyl groups excluding tert-OH is 1. The molecule has 1 radical (unpaired) electrons. The number of carbonyl (C=O) groups excluding carboxylic acids is 1. The molecular formula is C8H17BNO4. The Kier molecular flexibility index (Phi) is 5.75. The predicted octanol–water partition coefficient (Wildman–Crippen LogP) is -0.541. The Hall–Kier alpha value is -0.585. The summed E-state index contributed by atoms with van der Waals surface area (Å²) in [6, 6.07) is -0.783. The van der Waals surface area contributed by atoms with Crippen LogP contribution in [0.3, 0.4) is 0 Å². The van der Waals surface area contributed by atoms with E-state index in [-0.39, 0.29) is 6.61 Å². The highest BCUT2D eigenvalue weighted by Gasteiger charge is 2.24. The number of ether oxygens (including phenoxy) is 1. The minimum absolute atomic E-state index is 0.339. The molecule has 2 N–H and O–H groups in total. The molecule has 0 aromatic heterocycles. The maximum absolute atomic E-state index is 11.4. The number of aliphatic hydroxyl groups is 1. The SMILES string of the molecule is CO[B]NC(CO)C(=O)OC(C)(C)C. The molecule has 1 atom stereocenters. The van der Waals surface area contributed by atoms with Crippen molar-refractivity contribution in [2.45, 2.75) is 32.4 Å². The fourth-order valence-corrected chi connectivity index (χ4v) is 0.718. The van der Waals surface area contributed by atoms with Gasteiger partial charge in [0.25, 0.3) is 0 Å². The van der Waals surface area contributed by atoms with Crippen LogP contribution in [0.5, 0.6) is 0 Å². The van der Waals surface area contributed by atoms with E-state index in [4.69, 9.17) is 9.84 Å². The lowest BCUT2D eigenvalue weighted by molar-refractivity contribution is -0.158. The van der Waals surface area contributed by atoms with Crippen LogP contribution in [0, 0.1) is 0 Å². The van der Waals surface area contributed by atoms with Gasteiger partial charge in [0.15, 0.2) is 0 Å². The van der Waals surface area contributed by atoms with Gasteiger partial charge in [-0.15, -0.1) is 0 Å². The van der Waals surface area contributed by atoms with Crippen LogP contribution in [-0.2, 0) is 14.2 Å². The topological polar surface area (TPSA) is 67.8 Å². The van der Waals surface area contributed by atoms with Gasteiger partial charge in [0.05, 0.1) is 6.61 Å². The molecule has 0 saturated heterocycles. The number of hydrogen-bond acceptors (Lipinski definition) is 5. The van der Waals surface area contributed by atoms with Crippen LogP contribution in [-0.4, -0.2) is 44.1 Å². The highest BCUT2D eigenvalue weighted by atomic mass is 16.6. The van der Waals surface area contributed by atoms with Gasteiger partial charge in [-0.05, 0) is 20.8 Å². The second-order valence-electron chi connectivity index (χ2n) is 3.79. The molecule has 0 heterocycles. The lowest BCUT2D eigenvalue weighted by Gasteiger charge is -2.23. The van der Waals surface area contributed by atoms with Crippen molar-refractivity contribution in [3.63, 3.8) is 0 Å². The van der Waals surface area contributed by atoms with Crippen molar-refractivity contribution in [1.29, 1.82) is 0 Å². The largest absolute Gasteiger partial charge is 0.459 e. The third-order valence-electron chi connectivity index (χ3n) is 1.26. The standard InChI is InChI=1S/C8H17BNO4/c1-8(2,3)14-7(12)6(5-11)10-9-13-4/h6,10-11H,5H2,1-4H3. The molecule has 0 aliphatic rings. The molecule has 0 spiro atoms. The van der Waals surface area contributed by atoms with Crippen LogP contribution in [0.4, 0.5) is 0 Å². The summed E-state index contributed by atoms with van der Waals surface area (Å²) in [5.41, 5.74) is -0.556. The summed E-state index contributed by atoms with van der Waals surface area (Å²) in [7, 11) is 2.67. The van der Waals surface area contributed by atoms with Crippen molar-refractivity contribution in [1.82, 2.24) is 5.23 Å². The first kappa shape index (κ1) is 13.4. The number of esters is 1. The number of carbonyl (C=O) groups is 1. The molecular weight excluding hydrogens is 185 g/mol. The summed E-state index contributed by atoms with van der Waals surface area (Å²) in [6.45, 7) is 4.95. The summed E-state index contributed by atoms with van der Waals surface area (Å²) in [6.07, 6.45) is 0. The Bertz CT molecular complexity index is 181. The molecule has 1 unspecified atom stereocenters. The van der Waals surface area contributed by atoms with Crippen molar-refractivity contribution in [2.24, 2.45) is 0 Å². The van der Waals surface area contributed by atoms with Crippen molar-refractivity contribution in [3.05, 3.63) is 0 Å². The molecule has 0 aromatic rings. The van der Waals surface area contributed by atoms with Crippen molar-refractivity contribution in [3.8, 4) is 0 Å². The Balaban J connectivity index is 4.04. The quantitative estimate of drug-likeness (QED) is 0.462. The zero-order chi connectivity index (χ0) is 11.2. The van der Waals surface area contributed by atoms with Gasteiger partial charge < -0.3 is 19.7 Å².